The first kappa shape index (κ1) is 19.4. The number of nitrogens with zero attached hydrogens (tertiary/aromatic N) is 2. The van der Waals surface area contributed by atoms with Crippen molar-refractivity contribution < 1.29 is 0 Å². The van der Waals surface area contributed by atoms with Crippen molar-refractivity contribution in [2.45, 2.75) is 39.5 Å². The number of benzene rings is 3. The van der Waals surface area contributed by atoms with E-state index in [-0.39, 0.29) is 0 Å². The molecule has 28 heavy (non-hydrogen) atoms. The summed E-state index contributed by atoms with van der Waals surface area (Å²) in [5, 5.41) is 0. The molecule has 0 saturated heterocycles. The molecule has 3 rings (SSSR count). The molecule has 0 radical (unpaired) electrons. The molecule has 3 aromatic carbocycles. The Labute approximate surface area is 168 Å². The van der Waals surface area contributed by atoms with Crippen molar-refractivity contribution in [3.8, 4) is 22.3 Å². The number of hydrogen-bond acceptors (Lipinski definition) is 0. The van der Waals surface area contributed by atoms with E-state index in [0.29, 0.717) is 11.4 Å². The maximum Gasteiger partial charge on any atom is 0.202 e. The largest absolute Gasteiger partial charge is 0.249 e. The summed E-state index contributed by atoms with van der Waals surface area (Å²) in [5.74, 6) is 0. The third kappa shape index (κ3) is 3.98. The summed E-state index contributed by atoms with van der Waals surface area (Å²) < 4.78 is 0. The second-order valence-corrected chi connectivity index (χ2v) is 6.98. The fraction of sp³-hybridized carbons (Fsp3) is 0.231. The summed E-state index contributed by atoms with van der Waals surface area (Å²) in [5.41, 5.74) is 7.10. The molecule has 3 aromatic rings. The monoisotopic (exact) mass is 364 g/mol. The molecule has 2 nitrogen and oxygen atoms in total. The minimum Gasteiger partial charge on any atom is -0.249 e. The van der Waals surface area contributed by atoms with Crippen LogP contribution in [0, 0.1) is 13.1 Å². The normalized spacial score (nSPS) is 10.3. The third-order valence-corrected chi connectivity index (χ3v) is 4.98. The molecule has 0 unspecified atom stereocenters. The lowest BCUT2D eigenvalue weighted by Gasteiger charge is -2.12. The van der Waals surface area contributed by atoms with Crippen LogP contribution in [0.3, 0.4) is 0 Å². The third-order valence-electron chi connectivity index (χ3n) is 4.98. The summed E-state index contributed by atoms with van der Waals surface area (Å²) in [6, 6.07) is 20.6. The summed E-state index contributed by atoms with van der Waals surface area (Å²) in [7, 11) is 0. The fourth-order valence-corrected chi connectivity index (χ4v) is 3.55. The van der Waals surface area contributed by atoms with Gasteiger partial charge in [0.05, 0.1) is 13.1 Å². The van der Waals surface area contributed by atoms with Crippen molar-refractivity contribution in [3.05, 3.63) is 94.6 Å². The summed E-state index contributed by atoms with van der Waals surface area (Å²) in [4.78, 5) is 7.49. The molecule has 0 aliphatic heterocycles. The minimum atomic E-state index is 0.438. The maximum atomic E-state index is 7.72. The van der Waals surface area contributed by atoms with Crippen LogP contribution in [0.5, 0.6) is 0 Å². The van der Waals surface area contributed by atoms with Gasteiger partial charge in [-0.05, 0) is 46.2 Å². The molecule has 0 aliphatic carbocycles. The van der Waals surface area contributed by atoms with Crippen LogP contribution in [-0.2, 0) is 12.8 Å². The zero-order valence-corrected chi connectivity index (χ0v) is 16.5. The zero-order chi connectivity index (χ0) is 19.9. The first-order valence-corrected chi connectivity index (χ1v) is 9.82. The van der Waals surface area contributed by atoms with Crippen LogP contribution in [-0.4, -0.2) is 0 Å². The second-order valence-electron chi connectivity index (χ2n) is 6.98. The highest BCUT2D eigenvalue weighted by Gasteiger charge is 2.16. The molecular weight excluding hydrogens is 340 g/mol. The lowest BCUT2D eigenvalue weighted by Crippen LogP contribution is -1.87. The SMILES string of the molecule is [C-]#[N+]c1c(-c2ccc(CCC)cc2)ccc(-c2ccc(CCC)cc2)c1[N+]#[C-]. The van der Waals surface area contributed by atoms with Crippen LogP contribution < -0.4 is 0 Å². The summed E-state index contributed by atoms with van der Waals surface area (Å²) >= 11 is 0. The highest BCUT2D eigenvalue weighted by Crippen LogP contribution is 2.45. The van der Waals surface area contributed by atoms with Gasteiger partial charge in [-0.3, -0.25) is 0 Å². The zero-order valence-electron chi connectivity index (χ0n) is 16.5. The van der Waals surface area contributed by atoms with Crippen molar-refractivity contribution in [2.75, 3.05) is 0 Å². The van der Waals surface area contributed by atoms with Gasteiger partial charge in [-0.1, -0.05) is 87.4 Å². The van der Waals surface area contributed by atoms with E-state index in [2.05, 4.69) is 72.1 Å². The summed E-state index contributed by atoms with van der Waals surface area (Å²) in [6.45, 7) is 19.8. The van der Waals surface area contributed by atoms with Crippen molar-refractivity contribution in [1.82, 2.24) is 0 Å². The number of hydrogen-bond donors (Lipinski definition) is 0. The standard InChI is InChI=1S/C26H24N2/c1-5-7-19-9-13-21(14-10-19)23-17-18-24(26(28-4)25(23)27-3)22-15-11-20(8-6-2)12-16-22/h9-18H,5-8H2,1-2H3. The van der Waals surface area contributed by atoms with Crippen LogP contribution in [0.4, 0.5) is 11.4 Å². The molecular formula is C26H24N2. The van der Waals surface area contributed by atoms with Crippen LogP contribution in [0.15, 0.2) is 60.7 Å². The minimum absolute atomic E-state index is 0.438. The highest BCUT2D eigenvalue weighted by atomic mass is 14.8. The van der Waals surface area contributed by atoms with E-state index >= 15 is 0 Å². The van der Waals surface area contributed by atoms with Gasteiger partial charge in [0, 0.05) is 0 Å². The molecule has 0 bridgehead atoms. The molecule has 0 atom stereocenters. The Kier molecular flexibility index (Phi) is 6.25. The van der Waals surface area contributed by atoms with Crippen molar-refractivity contribution in [2.24, 2.45) is 0 Å². The predicted molar refractivity (Wildman–Crippen MR) is 118 cm³/mol. The highest BCUT2D eigenvalue weighted by molar-refractivity contribution is 5.97. The van der Waals surface area contributed by atoms with Gasteiger partial charge in [-0.25, -0.2) is 9.69 Å². The van der Waals surface area contributed by atoms with E-state index < -0.39 is 0 Å². The van der Waals surface area contributed by atoms with Gasteiger partial charge in [-0.15, -0.1) is 0 Å². The quantitative estimate of drug-likeness (QED) is 0.391. The Morgan fingerprint density at radius 1 is 0.571 bits per heavy atom. The van der Waals surface area contributed by atoms with E-state index in [0.717, 1.165) is 47.9 Å². The fourth-order valence-electron chi connectivity index (χ4n) is 3.55. The lowest BCUT2D eigenvalue weighted by molar-refractivity contribution is 0.922. The first-order chi connectivity index (χ1) is 13.7. The predicted octanol–water partition coefficient (Wildman–Crippen LogP) is 8.03. The average Bonchev–Trinajstić information content (AvgIpc) is 2.74. The maximum absolute atomic E-state index is 7.72. The average molecular weight is 364 g/mol. The van der Waals surface area contributed by atoms with Gasteiger partial charge >= 0.3 is 0 Å². The molecule has 0 aromatic heterocycles. The molecule has 0 heterocycles. The van der Waals surface area contributed by atoms with Crippen molar-refractivity contribution in [3.63, 3.8) is 0 Å². The van der Waals surface area contributed by atoms with Crippen LogP contribution in [0.25, 0.3) is 31.9 Å². The van der Waals surface area contributed by atoms with E-state index in [1.165, 1.54) is 11.1 Å². The van der Waals surface area contributed by atoms with Gasteiger partial charge < -0.3 is 0 Å². The molecule has 138 valence electrons. The molecule has 0 saturated carbocycles. The Bertz CT molecular complexity index is 944. The van der Waals surface area contributed by atoms with Gasteiger partial charge in [0.15, 0.2) is 0 Å². The molecule has 2 heteroatoms. The van der Waals surface area contributed by atoms with E-state index in [9.17, 15) is 0 Å². The molecule has 0 spiro atoms. The smallest absolute Gasteiger partial charge is 0.202 e. The van der Waals surface area contributed by atoms with Crippen LogP contribution in [0.1, 0.15) is 37.8 Å². The van der Waals surface area contributed by atoms with Crippen molar-refractivity contribution in [1.29, 1.82) is 0 Å². The van der Waals surface area contributed by atoms with E-state index in [1.54, 1.807) is 0 Å². The first-order valence-electron chi connectivity index (χ1n) is 9.82. The Hall–Kier alpha value is -3.36. The van der Waals surface area contributed by atoms with Crippen molar-refractivity contribution >= 4 is 11.4 Å². The topological polar surface area (TPSA) is 8.72 Å². The Morgan fingerprint density at radius 2 is 0.929 bits per heavy atom. The van der Waals surface area contributed by atoms with Crippen LogP contribution >= 0.6 is 0 Å². The van der Waals surface area contributed by atoms with Crippen LogP contribution in [0.2, 0.25) is 0 Å². The molecule has 0 N–H and O–H groups in total. The molecule has 0 aliphatic rings. The number of rotatable bonds is 6. The van der Waals surface area contributed by atoms with Gasteiger partial charge in [-0.2, -0.15) is 0 Å². The van der Waals surface area contributed by atoms with E-state index in [4.69, 9.17) is 13.1 Å². The summed E-state index contributed by atoms with van der Waals surface area (Å²) in [6.07, 6.45) is 4.33. The Morgan fingerprint density at radius 3 is 1.21 bits per heavy atom. The lowest BCUT2D eigenvalue weighted by atomic mass is 9.94. The molecule has 0 amide bonds. The Balaban J connectivity index is 2.06. The van der Waals surface area contributed by atoms with Gasteiger partial charge in [0.25, 0.3) is 0 Å². The number of aryl methyl sites for hydroxylation is 2. The van der Waals surface area contributed by atoms with E-state index in [1.807, 2.05) is 12.1 Å². The second kappa shape index (κ2) is 9.03. The van der Waals surface area contributed by atoms with Gasteiger partial charge in [0.2, 0.25) is 11.4 Å². The molecule has 0 fully saturated rings. The van der Waals surface area contributed by atoms with Gasteiger partial charge in [0.1, 0.15) is 0 Å².